The van der Waals surface area contributed by atoms with Crippen LogP contribution >= 0.6 is 0 Å². The average molecular weight is 253 g/mol. The normalized spacial score (nSPS) is 15.8. The number of benzene rings is 1. The molecule has 0 bridgehead atoms. The van der Waals surface area contributed by atoms with Gasteiger partial charge in [0.1, 0.15) is 23.7 Å². The zero-order chi connectivity index (χ0) is 13.0. The molecular formula is C13H16FNO3. The Hall–Kier alpha value is -1.62. The third kappa shape index (κ3) is 2.98. The Morgan fingerprint density at radius 2 is 2.11 bits per heavy atom. The van der Waals surface area contributed by atoms with Crippen LogP contribution in [0.15, 0.2) is 18.2 Å². The molecular weight excluding hydrogens is 237 g/mol. The fourth-order valence-electron chi connectivity index (χ4n) is 2.12. The van der Waals surface area contributed by atoms with E-state index in [1.165, 1.54) is 25.0 Å². The Morgan fingerprint density at radius 3 is 2.78 bits per heavy atom. The quantitative estimate of drug-likeness (QED) is 0.872. The van der Waals surface area contributed by atoms with Crippen molar-refractivity contribution in [3.8, 4) is 5.75 Å². The van der Waals surface area contributed by atoms with Crippen molar-refractivity contribution in [3.05, 3.63) is 29.6 Å². The molecule has 0 atom stereocenters. The van der Waals surface area contributed by atoms with Gasteiger partial charge in [0.05, 0.1) is 0 Å². The molecule has 0 aromatic heterocycles. The summed E-state index contributed by atoms with van der Waals surface area (Å²) < 4.78 is 18.7. The Balaban J connectivity index is 1.96. The van der Waals surface area contributed by atoms with Gasteiger partial charge in [0.2, 0.25) is 0 Å². The lowest BCUT2D eigenvalue weighted by molar-refractivity contribution is 0.0686. The summed E-state index contributed by atoms with van der Waals surface area (Å²) in [6.45, 7) is 3.23. The molecule has 0 spiro atoms. The molecule has 1 aromatic rings. The van der Waals surface area contributed by atoms with Gasteiger partial charge in [0, 0.05) is 6.54 Å². The van der Waals surface area contributed by atoms with Crippen LogP contribution in [0, 0.1) is 5.82 Å². The number of ether oxygens (including phenoxy) is 1. The lowest BCUT2D eigenvalue weighted by Gasteiger charge is -2.15. The summed E-state index contributed by atoms with van der Waals surface area (Å²) in [5.41, 5.74) is -0.390. The SMILES string of the molecule is O=C(O)c1c(F)cccc1OCCN1CCCC1. The van der Waals surface area contributed by atoms with Crippen molar-refractivity contribution < 1.29 is 19.0 Å². The van der Waals surface area contributed by atoms with E-state index in [1.807, 2.05) is 0 Å². The van der Waals surface area contributed by atoms with Gasteiger partial charge >= 0.3 is 5.97 Å². The van der Waals surface area contributed by atoms with Crippen LogP contribution in [0.2, 0.25) is 0 Å². The van der Waals surface area contributed by atoms with Crippen molar-refractivity contribution in [2.75, 3.05) is 26.2 Å². The molecule has 0 amide bonds. The molecule has 1 heterocycles. The molecule has 5 heteroatoms. The lowest BCUT2D eigenvalue weighted by Crippen LogP contribution is -2.25. The van der Waals surface area contributed by atoms with Crippen LogP contribution in [-0.2, 0) is 0 Å². The minimum Gasteiger partial charge on any atom is -0.491 e. The van der Waals surface area contributed by atoms with Crippen LogP contribution in [0.4, 0.5) is 4.39 Å². The zero-order valence-electron chi connectivity index (χ0n) is 10.1. The lowest BCUT2D eigenvalue weighted by atomic mass is 10.2. The van der Waals surface area contributed by atoms with Crippen molar-refractivity contribution in [1.82, 2.24) is 4.90 Å². The van der Waals surface area contributed by atoms with Gasteiger partial charge in [-0.15, -0.1) is 0 Å². The third-order valence-electron chi connectivity index (χ3n) is 3.05. The first-order valence-electron chi connectivity index (χ1n) is 6.05. The number of hydrogen-bond acceptors (Lipinski definition) is 3. The maximum atomic E-state index is 13.4. The second-order valence-corrected chi connectivity index (χ2v) is 4.32. The Morgan fingerprint density at radius 1 is 1.39 bits per heavy atom. The molecule has 1 aliphatic rings. The van der Waals surface area contributed by atoms with Gasteiger partial charge in [-0.2, -0.15) is 0 Å². The van der Waals surface area contributed by atoms with E-state index >= 15 is 0 Å². The van der Waals surface area contributed by atoms with E-state index in [4.69, 9.17) is 9.84 Å². The van der Waals surface area contributed by atoms with E-state index < -0.39 is 11.8 Å². The van der Waals surface area contributed by atoms with Crippen LogP contribution in [0.1, 0.15) is 23.2 Å². The van der Waals surface area contributed by atoms with Crippen molar-refractivity contribution in [1.29, 1.82) is 0 Å². The van der Waals surface area contributed by atoms with Gasteiger partial charge in [-0.3, -0.25) is 4.90 Å². The van der Waals surface area contributed by atoms with E-state index in [-0.39, 0.29) is 11.3 Å². The van der Waals surface area contributed by atoms with E-state index in [0.717, 1.165) is 25.7 Å². The number of carboxylic acid groups (broad SMARTS) is 1. The fraction of sp³-hybridized carbons (Fsp3) is 0.462. The topological polar surface area (TPSA) is 49.8 Å². The number of nitrogens with zero attached hydrogens (tertiary/aromatic N) is 1. The van der Waals surface area contributed by atoms with Gasteiger partial charge in [-0.05, 0) is 38.1 Å². The number of likely N-dealkylation sites (tertiary alicyclic amines) is 1. The second kappa shape index (κ2) is 5.82. The Kier molecular flexibility index (Phi) is 4.15. The van der Waals surface area contributed by atoms with E-state index in [2.05, 4.69) is 4.90 Å². The van der Waals surface area contributed by atoms with Crippen molar-refractivity contribution >= 4 is 5.97 Å². The summed E-state index contributed by atoms with van der Waals surface area (Å²) in [5.74, 6) is -1.97. The molecule has 4 nitrogen and oxygen atoms in total. The van der Waals surface area contributed by atoms with Gasteiger partial charge in [0.25, 0.3) is 0 Å². The summed E-state index contributed by atoms with van der Waals surface area (Å²) in [6.07, 6.45) is 2.39. The molecule has 1 saturated heterocycles. The van der Waals surface area contributed by atoms with Gasteiger partial charge in [0.15, 0.2) is 0 Å². The summed E-state index contributed by atoms with van der Waals surface area (Å²) in [4.78, 5) is 13.2. The predicted octanol–water partition coefficient (Wildman–Crippen LogP) is 2.00. The number of carbonyl (C=O) groups is 1. The molecule has 0 aliphatic carbocycles. The van der Waals surface area contributed by atoms with Crippen molar-refractivity contribution in [3.63, 3.8) is 0 Å². The Labute approximate surface area is 105 Å². The van der Waals surface area contributed by atoms with Crippen LogP contribution in [0.5, 0.6) is 5.75 Å². The molecule has 0 radical (unpaired) electrons. The molecule has 0 saturated carbocycles. The van der Waals surface area contributed by atoms with Gasteiger partial charge < -0.3 is 9.84 Å². The highest BCUT2D eigenvalue weighted by atomic mass is 19.1. The van der Waals surface area contributed by atoms with Gasteiger partial charge in [-0.1, -0.05) is 6.07 Å². The van der Waals surface area contributed by atoms with Crippen LogP contribution < -0.4 is 4.74 Å². The summed E-state index contributed by atoms with van der Waals surface area (Å²) >= 11 is 0. The first-order valence-corrected chi connectivity index (χ1v) is 6.05. The van der Waals surface area contributed by atoms with Crippen molar-refractivity contribution in [2.24, 2.45) is 0 Å². The smallest absolute Gasteiger partial charge is 0.342 e. The molecule has 1 fully saturated rings. The van der Waals surface area contributed by atoms with E-state index in [1.54, 1.807) is 0 Å². The summed E-state index contributed by atoms with van der Waals surface area (Å²) in [5, 5.41) is 8.93. The number of aromatic carboxylic acids is 1. The summed E-state index contributed by atoms with van der Waals surface area (Å²) in [6, 6.07) is 4.06. The predicted molar refractivity (Wildman–Crippen MR) is 64.5 cm³/mol. The maximum Gasteiger partial charge on any atom is 0.342 e. The monoisotopic (exact) mass is 253 g/mol. The largest absolute Gasteiger partial charge is 0.491 e. The number of carboxylic acids is 1. The number of rotatable bonds is 5. The molecule has 1 N–H and O–H groups in total. The van der Waals surface area contributed by atoms with E-state index in [9.17, 15) is 9.18 Å². The van der Waals surface area contributed by atoms with Crippen LogP contribution in [-0.4, -0.2) is 42.2 Å². The molecule has 18 heavy (non-hydrogen) atoms. The first-order chi connectivity index (χ1) is 8.68. The minimum absolute atomic E-state index is 0.0988. The van der Waals surface area contributed by atoms with Crippen molar-refractivity contribution in [2.45, 2.75) is 12.8 Å². The minimum atomic E-state index is -1.30. The molecule has 98 valence electrons. The fourth-order valence-corrected chi connectivity index (χ4v) is 2.12. The highest BCUT2D eigenvalue weighted by Gasteiger charge is 2.17. The second-order valence-electron chi connectivity index (χ2n) is 4.32. The highest BCUT2D eigenvalue weighted by molar-refractivity contribution is 5.91. The first kappa shape index (κ1) is 12.8. The standard InChI is InChI=1S/C13H16FNO3/c14-10-4-3-5-11(12(10)13(16)17)18-9-8-15-6-1-2-7-15/h3-5H,1-2,6-9H2,(H,16,17). The molecule has 1 aliphatic heterocycles. The van der Waals surface area contributed by atoms with Crippen LogP contribution in [0.3, 0.4) is 0 Å². The maximum absolute atomic E-state index is 13.4. The number of hydrogen-bond donors (Lipinski definition) is 1. The molecule has 2 rings (SSSR count). The molecule has 0 unspecified atom stereocenters. The highest BCUT2D eigenvalue weighted by Crippen LogP contribution is 2.21. The third-order valence-corrected chi connectivity index (χ3v) is 3.05. The van der Waals surface area contributed by atoms with E-state index in [0.29, 0.717) is 6.61 Å². The molecule has 1 aromatic carbocycles. The zero-order valence-corrected chi connectivity index (χ0v) is 10.1. The Bertz CT molecular complexity index is 430. The number of halogens is 1. The average Bonchev–Trinajstić information content (AvgIpc) is 2.81. The van der Waals surface area contributed by atoms with Gasteiger partial charge in [-0.25, -0.2) is 9.18 Å². The summed E-state index contributed by atoms with van der Waals surface area (Å²) in [7, 11) is 0. The van der Waals surface area contributed by atoms with Crippen LogP contribution in [0.25, 0.3) is 0 Å².